The van der Waals surface area contributed by atoms with Crippen molar-refractivity contribution in [1.82, 2.24) is 20.1 Å². The first-order valence-electron chi connectivity index (χ1n) is 8.41. The summed E-state index contributed by atoms with van der Waals surface area (Å²) in [6, 6.07) is 8.29. The maximum Gasteiger partial charge on any atom is 0.134 e. The van der Waals surface area contributed by atoms with Gasteiger partial charge < -0.3 is 4.90 Å². The molecule has 3 heterocycles. The summed E-state index contributed by atoms with van der Waals surface area (Å²) >= 11 is 5.17. The molecular weight excluding hydrogens is 368 g/mol. The van der Waals surface area contributed by atoms with Gasteiger partial charge in [-0.3, -0.25) is 0 Å². The standard InChI is InChI=1S/C18H22N4S3/c1-4-22(5-2)10-12-24-16-9-8-14(20-21-16)17-13(3)19-18(25-17)15-7-6-11-23-15/h6-9,11H,4-5,10,12H2,1-3H3. The van der Waals surface area contributed by atoms with E-state index in [-0.39, 0.29) is 0 Å². The highest BCUT2D eigenvalue weighted by molar-refractivity contribution is 7.99. The Hall–Kier alpha value is -1.28. The lowest BCUT2D eigenvalue weighted by Gasteiger charge is -2.16. The number of thiophene rings is 1. The first kappa shape index (κ1) is 18.5. The van der Waals surface area contributed by atoms with Crippen LogP contribution in [0.25, 0.3) is 20.5 Å². The Bertz CT molecular complexity index is 777. The van der Waals surface area contributed by atoms with Crippen LogP contribution in [0.1, 0.15) is 19.5 Å². The van der Waals surface area contributed by atoms with Crippen LogP contribution in [0.4, 0.5) is 0 Å². The summed E-state index contributed by atoms with van der Waals surface area (Å²) in [6.07, 6.45) is 0. The topological polar surface area (TPSA) is 41.9 Å². The Morgan fingerprint density at radius 3 is 2.60 bits per heavy atom. The second-order valence-electron chi connectivity index (χ2n) is 5.54. The van der Waals surface area contributed by atoms with Gasteiger partial charge in [-0.2, -0.15) is 0 Å². The molecule has 3 aromatic heterocycles. The highest BCUT2D eigenvalue weighted by Crippen LogP contribution is 2.36. The minimum atomic E-state index is 0.908. The van der Waals surface area contributed by atoms with Gasteiger partial charge >= 0.3 is 0 Å². The number of aromatic nitrogens is 3. The molecule has 132 valence electrons. The Balaban J connectivity index is 1.66. The third-order valence-corrected chi connectivity index (χ3v) is 7.07. The summed E-state index contributed by atoms with van der Waals surface area (Å²) in [6.45, 7) is 9.71. The molecule has 0 aliphatic rings. The van der Waals surface area contributed by atoms with Gasteiger partial charge in [0.2, 0.25) is 0 Å². The van der Waals surface area contributed by atoms with Gasteiger partial charge in [0.15, 0.2) is 0 Å². The molecule has 0 unspecified atom stereocenters. The SMILES string of the molecule is CCN(CC)CCSc1ccc(-c2sc(-c3cccs3)nc2C)nn1. The molecule has 0 aliphatic carbocycles. The summed E-state index contributed by atoms with van der Waals surface area (Å²) in [7, 11) is 0. The molecular formula is C18H22N4S3. The van der Waals surface area contributed by atoms with Crippen LogP contribution < -0.4 is 0 Å². The molecule has 0 N–H and O–H groups in total. The predicted molar refractivity (Wildman–Crippen MR) is 110 cm³/mol. The molecule has 0 amide bonds. The minimum Gasteiger partial charge on any atom is -0.303 e. The largest absolute Gasteiger partial charge is 0.303 e. The smallest absolute Gasteiger partial charge is 0.134 e. The molecule has 0 bridgehead atoms. The Kier molecular flexibility index (Phi) is 6.58. The Morgan fingerprint density at radius 2 is 1.96 bits per heavy atom. The van der Waals surface area contributed by atoms with E-state index in [1.54, 1.807) is 34.4 Å². The molecule has 3 aromatic rings. The van der Waals surface area contributed by atoms with E-state index in [1.807, 2.05) is 6.92 Å². The van der Waals surface area contributed by atoms with Crippen LogP contribution in [-0.4, -0.2) is 45.5 Å². The van der Waals surface area contributed by atoms with Crippen LogP contribution in [0.15, 0.2) is 34.7 Å². The molecule has 7 heteroatoms. The molecule has 0 saturated carbocycles. The van der Waals surface area contributed by atoms with E-state index in [0.29, 0.717) is 0 Å². The number of hydrogen-bond donors (Lipinski definition) is 0. The average molecular weight is 391 g/mol. The van der Waals surface area contributed by atoms with Crippen LogP contribution in [0.5, 0.6) is 0 Å². The number of nitrogens with zero attached hydrogens (tertiary/aromatic N) is 4. The van der Waals surface area contributed by atoms with Gasteiger partial charge in [0.25, 0.3) is 0 Å². The minimum absolute atomic E-state index is 0.908. The molecule has 25 heavy (non-hydrogen) atoms. The van der Waals surface area contributed by atoms with Gasteiger partial charge in [0.1, 0.15) is 15.7 Å². The zero-order valence-corrected chi connectivity index (χ0v) is 17.2. The van der Waals surface area contributed by atoms with Crippen molar-refractivity contribution in [1.29, 1.82) is 0 Å². The van der Waals surface area contributed by atoms with Crippen molar-refractivity contribution >= 4 is 34.4 Å². The fraction of sp³-hybridized carbons (Fsp3) is 0.389. The lowest BCUT2D eigenvalue weighted by Crippen LogP contribution is -2.25. The number of thiazole rings is 1. The second-order valence-corrected chi connectivity index (χ2v) is 8.60. The van der Waals surface area contributed by atoms with Gasteiger partial charge in [-0.1, -0.05) is 19.9 Å². The highest BCUT2D eigenvalue weighted by atomic mass is 32.2. The maximum atomic E-state index is 4.69. The van der Waals surface area contributed by atoms with Gasteiger partial charge in [-0.15, -0.1) is 44.6 Å². The van der Waals surface area contributed by atoms with Crippen LogP contribution in [0.2, 0.25) is 0 Å². The lowest BCUT2D eigenvalue weighted by molar-refractivity contribution is 0.324. The molecule has 3 rings (SSSR count). The molecule has 0 aliphatic heterocycles. The van der Waals surface area contributed by atoms with Gasteiger partial charge in [-0.25, -0.2) is 4.98 Å². The predicted octanol–water partition coefficient (Wildman–Crippen LogP) is 5.07. The summed E-state index contributed by atoms with van der Waals surface area (Å²) in [4.78, 5) is 9.42. The number of thioether (sulfide) groups is 1. The third kappa shape index (κ3) is 4.67. The molecule has 0 radical (unpaired) electrons. The van der Waals surface area contributed by atoms with E-state index in [9.17, 15) is 0 Å². The fourth-order valence-electron chi connectivity index (χ4n) is 2.48. The highest BCUT2D eigenvalue weighted by Gasteiger charge is 2.13. The molecule has 0 saturated heterocycles. The summed E-state index contributed by atoms with van der Waals surface area (Å²) in [5.41, 5.74) is 1.93. The molecule has 0 spiro atoms. The zero-order valence-electron chi connectivity index (χ0n) is 14.7. The number of hydrogen-bond acceptors (Lipinski definition) is 7. The van der Waals surface area contributed by atoms with Gasteiger partial charge in [0.05, 0.1) is 15.4 Å². The van der Waals surface area contributed by atoms with E-state index in [2.05, 4.69) is 58.6 Å². The lowest BCUT2D eigenvalue weighted by atomic mass is 10.3. The van der Waals surface area contributed by atoms with Gasteiger partial charge in [0, 0.05) is 12.3 Å². The normalized spacial score (nSPS) is 11.4. The Morgan fingerprint density at radius 1 is 1.12 bits per heavy atom. The maximum absolute atomic E-state index is 4.69. The Labute approximate surface area is 161 Å². The number of aryl methyl sites for hydroxylation is 1. The monoisotopic (exact) mass is 390 g/mol. The average Bonchev–Trinajstić information content (AvgIpc) is 3.29. The summed E-state index contributed by atoms with van der Waals surface area (Å²) < 4.78 is 0. The first-order valence-corrected chi connectivity index (χ1v) is 11.1. The van der Waals surface area contributed by atoms with E-state index >= 15 is 0 Å². The molecule has 0 fully saturated rings. The first-order chi connectivity index (χ1) is 12.2. The third-order valence-electron chi connectivity index (χ3n) is 3.95. The van der Waals surface area contributed by atoms with Crippen LogP contribution in [0.3, 0.4) is 0 Å². The van der Waals surface area contributed by atoms with E-state index in [1.165, 1.54) is 4.88 Å². The van der Waals surface area contributed by atoms with Crippen LogP contribution in [-0.2, 0) is 0 Å². The van der Waals surface area contributed by atoms with Crippen molar-refractivity contribution in [3.8, 4) is 20.5 Å². The molecule has 4 nitrogen and oxygen atoms in total. The number of rotatable bonds is 8. The van der Waals surface area contributed by atoms with E-state index in [0.717, 1.165) is 51.7 Å². The van der Waals surface area contributed by atoms with Crippen molar-refractivity contribution in [2.24, 2.45) is 0 Å². The summed E-state index contributed by atoms with van der Waals surface area (Å²) in [5.74, 6) is 1.04. The van der Waals surface area contributed by atoms with Crippen molar-refractivity contribution in [3.63, 3.8) is 0 Å². The zero-order chi connectivity index (χ0) is 17.6. The molecule has 0 atom stereocenters. The van der Waals surface area contributed by atoms with Crippen molar-refractivity contribution in [2.45, 2.75) is 25.8 Å². The van der Waals surface area contributed by atoms with Gasteiger partial charge in [-0.05, 0) is 43.6 Å². The quantitative estimate of drug-likeness (QED) is 0.502. The van der Waals surface area contributed by atoms with Crippen molar-refractivity contribution < 1.29 is 0 Å². The van der Waals surface area contributed by atoms with Crippen molar-refractivity contribution in [3.05, 3.63) is 35.3 Å². The fourth-order valence-corrected chi connectivity index (χ4v) is 5.13. The summed E-state index contributed by atoms with van der Waals surface area (Å²) in [5, 5.41) is 12.9. The second kappa shape index (κ2) is 8.89. The van der Waals surface area contributed by atoms with Crippen molar-refractivity contribution in [2.75, 3.05) is 25.4 Å². The van der Waals surface area contributed by atoms with Crippen LogP contribution in [0, 0.1) is 6.92 Å². The molecule has 0 aromatic carbocycles. The van der Waals surface area contributed by atoms with E-state index in [4.69, 9.17) is 4.98 Å². The van der Waals surface area contributed by atoms with Crippen LogP contribution >= 0.6 is 34.4 Å². The van der Waals surface area contributed by atoms with E-state index < -0.39 is 0 Å².